The second-order valence-corrected chi connectivity index (χ2v) is 5.36. The van der Waals surface area contributed by atoms with Crippen LogP contribution in [0.15, 0.2) is 22.9 Å². The number of nitrogens with one attached hydrogen (secondary N) is 1. The van der Waals surface area contributed by atoms with Gasteiger partial charge in [-0.15, -0.1) is 5.10 Å². The van der Waals surface area contributed by atoms with Crippen LogP contribution >= 0.6 is 50.1 Å². The molecule has 0 aliphatic rings. The Morgan fingerprint density at radius 3 is 2.81 bits per heavy atom. The molecule has 16 heavy (non-hydrogen) atoms. The van der Waals surface area contributed by atoms with Gasteiger partial charge in [0.25, 0.3) is 0 Å². The second kappa shape index (κ2) is 4.89. The van der Waals surface area contributed by atoms with Crippen LogP contribution in [-0.4, -0.2) is 14.8 Å². The van der Waals surface area contributed by atoms with Gasteiger partial charge in [-0.25, -0.2) is 4.68 Å². The van der Waals surface area contributed by atoms with Crippen molar-refractivity contribution in [2.24, 2.45) is 7.05 Å². The summed E-state index contributed by atoms with van der Waals surface area (Å²) >= 11 is 11.4. The van der Waals surface area contributed by atoms with Crippen LogP contribution in [0.5, 0.6) is 0 Å². The quantitative estimate of drug-likeness (QED) is 0.766. The van der Waals surface area contributed by atoms with Crippen molar-refractivity contribution < 1.29 is 0 Å². The fraction of sp³-hybridized carbons (Fsp3) is 0.111. The third-order valence-corrected chi connectivity index (χ3v) is 3.82. The van der Waals surface area contributed by atoms with Gasteiger partial charge in [0.15, 0.2) is 0 Å². The molecule has 0 fully saturated rings. The second-order valence-electron chi connectivity index (χ2n) is 3.08. The van der Waals surface area contributed by atoms with Crippen molar-refractivity contribution in [2.45, 2.75) is 0 Å². The van der Waals surface area contributed by atoms with Crippen molar-refractivity contribution >= 4 is 61.8 Å². The van der Waals surface area contributed by atoms with E-state index in [1.807, 2.05) is 25.2 Å². The summed E-state index contributed by atoms with van der Waals surface area (Å²) in [6.45, 7) is 0. The molecule has 1 N–H and O–H groups in total. The Labute approximate surface area is 120 Å². The summed E-state index contributed by atoms with van der Waals surface area (Å²) in [5.41, 5.74) is 0.883. The maximum atomic E-state index is 6.03. The van der Waals surface area contributed by atoms with Crippen LogP contribution in [0.2, 0.25) is 5.02 Å². The molecule has 1 aromatic carbocycles. The Morgan fingerprint density at radius 2 is 2.25 bits per heavy atom. The number of rotatable bonds is 2. The highest BCUT2D eigenvalue weighted by atomic mass is 127. The summed E-state index contributed by atoms with van der Waals surface area (Å²) in [5, 5.41) is 7.92. The highest BCUT2D eigenvalue weighted by Crippen LogP contribution is 2.24. The monoisotopic (exact) mass is 412 g/mol. The average molecular weight is 413 g/mol. The lowest BCUT2D eigenvalue weighted by Crippen LogP contribution is -2.00. The lowest BCUT2D eigenvalue weighted by Gasteiger charge is -2.05. The fourth-order valence-electron chi connectivity index (χ4n) is 1.17. The van der Waals surface area contributed by atoms with Gasteiger partial charge in [-0.2, -0.15) is 4.98 Å². The number of aryl methyl sites for hydroxylation is 1. The normalized spacial score (nSPS) is 10.5. The standard InChI is InChI=1S/C9H7BrClIN4/c1-16-9(14-8(10)15-16)13-5-2-3-7(12)6(11)4-5/h2-4H,1H3,(H,13,14,15). The van der Waals surface area contributed by atoms with E-state index in [1.165, 1.54) is 0 Å². The van der Waals surface area contributed by atoms with Gasteiger partial charge in [0.05, 0.1) is 5.02 Å². The smallest absolute Gasteiger partial charge is 0.226 e. The first kappa shape index (κ1) is 12.1. The zero-order valence-electron chi connectivity index (χ0n) is 8.21. The Bertz CT molecular complexity index is 528. The van der Waals surface area contributed by atoms with Gasteiger partial charge in [-0.05, 0) is 56.7 Å². The average Bonchev–Trinajstić information content (AvgIpc) is 2.51. The van der Waals surface area contributed by atoms with E-state index in [0.717, 1.165) is 9.26 Å². The van der Waals surface area contributed by atoms with E-state index in [4.69, 9.17) is 11.6 Å². The van der Waals surface area contributed by atoms with Crippen LogP contribution in [0.3, 0.4) is 0 Å². The van der Waals surface area contributed by atoms with Gasteiger partial charge in [-0.3, -0.25) is 0 Å². The molecule has 0 bridgehead atoms. The highest BCUT2D eigenvalue weighted by molar-refractivity contribution is 14.1. The summed E-state index contributed by atoms with van der Waals surface area (Å²) in [7, 11) is 1.81. The molecule has 0 radical (unpaired) electrons. The van der Waals surface area contributed by atoms with Crippen molar-refractivity contribution in [3.63, 3.8) is 0 Å². The van der Waals surface area contributed by atoms with E-state index in [9.17, 15) is 0 Å². The van der Waals surface area contributed by atoms with Gasteiger partial charge in [0.1, 0.15) is 0 Å². The number of nitrogens with zero attached hydrogens (tertiary/aromatic N) is 3. The van der Waals surface area contributed by atoms with Crippen molar-refractivity contribution in [3.05, 3.63) is 31.5 Å². The minimum atomic E-state index is 0.550. The molecule has 0 saturated heterocycles. The minimum absolute atomic E-state index is 0.550. The van der Waals surface area contributed by atoms with E-state index in [1.54, 1.807) is 4.68 Å². The number of halogens is 3. The highest BCUT2D eigenvalue weighted by Gasteiger charge is 2.05. The van der Waals surface area contributed by atoms with Gasteiger partial charge in [0, 0.05) is 16.3 Å². The minimum Gasteiger partial charge on any atom is -0.324 e. The van der Waals surface area contributed by atoms with E-state index in [-0.39, 0.29) is 0 Å². The molecule has 0 amide bonds. The van der Waals surface area contributed by atoms with Crippen molar-refractivity contribution in [1.82, 2.24) is 14.8 Å². The summed E-state index contributed by atoms with van der Waals surface area (Å²) in [5.74, 6) is 0.657. The van der Waals surface area contributed by atoms with Crippen molar-refractivity contribution in [2.75, 3.05) is 5.32 Å². The number of aromatic nitrogens is 3. The summed E-state index contributed by atoms with van der Waals surface area (Å²) in [6, 6.07) is 5.73. The Hall–Kier alpha value is -0.340. The lowest BCUT2D eigenvalue weighted by atomic mass is 10.3. The Kier molecular flexibility index (Phi) is 3.70. The molecule has 0 atom stereocenters. The van der Waals surface area contributed by atoms with E-state index in [2.05, 4.69) is 53.9 Å². The maximum Gasteiger partial charge on any atom is 0.226 e. The Morgan fingerprint density at radius 1 is 1.50 bits per heavy atom. The fourth-order valence-corrected chi connectivity index (χ4v) is 2.09. The third-order valence-electron chi connectivity index (χ3n) is 1.91. The summed E-state index contributed by atoms with van der Waals surface area (Å²) in [4.78, 5) is 4.17. The SMILES string of the molecule is Cn1nc(Br)nc1Nc1ccc(I)c(Cl)c1. The first-order valence-electron chi connectivity index (χ1n) is 4.35. The topological polar surface area (TPSA) is 42.7 Å². The predicted octanol–water partition coefficient (Wildman–Crippen LogP) is 3.58. The zero-order chi connectivity index (χ0) is 11.7. The van der Waals surface area contributed by atoms with Crippen molar-refractivity contribution in [1.29, 1.82) is 0 Å². The molecular formula is C9H7BrClIN4. The largest absolute Gasteiger partial charge is 0.324 e. The van der Waals surface area contributed by atoms with Crippen LogP contribution < -0.4 is 5.32 Å². The van der Waals surface area contributed by atoms with Gasteiger partial charge in [0.2, 0.25) is 10.7 Å². The number of benzene rings is 1. The van der Waals surface area contributed by atoms with Crippen LogP contribution in [0.25, 0.3) is 0 Å². The molecule has 0 aliphatic heterocycles. The Balaban J connectivity index is 2.27. The maximum absolute atomic E-state index is 6.03. The van der Waals surface area contributed by atoms with E-state index < -0.39 is 0 Å². The lowest BCUT2D eigenvalue weighted by molar-refractivity contribution is 0.769. The van der Waals surface area contributed by atoms with Crippen LogP contribution in [0, 0.1) is 3.57 Å². The predicted molar refractivity (Wildman–Crippen MR) is 76.2 cm³/mol. The molecule has 84 valence electrons. The molecule has 4 nitrogen and oxygen atoms in total. The molecule has 0 saturated carbocycles. The van der Waals surface area contributed by atoms with Crippen LogP contribution in [-0.2, 0) is 7.05 Å². The molecule has 1 aromatic heterocycles. The van der Waals surface area contributed by atoms with Gasteiger partial charge < -0.3 is 5.32 Å². The molecule has 1 heterocycles. The summed E-state index contributed by atoms with van der Waals surface area (Å²) < 4.78 is 3.22. The molecule has 2 aromatic rings. The summed E-state index contributed by atoms with van der Waals surface area (Å²) in [6.07, 6.45) is 0. The van der Waals surface area contributed by atoms with Gasteiger partial charge >= 0.3 is 0 Å². The number of hydrogen-bond donors (Lipinski definition) is 1. The number of hydrogen-bond acceptors (Lipinski definition) is 3. The third kappa shape index (κ3) is 2.67. The molecule has 2 rings (SSSR count). The molecular weight excluding hydrogens is 406 g/mol. The van der Waals surface area contributed by atoms with Crippen LogP contribution in [0.1, 0.15) is 0 Å². The molecule has 7 heteroatoms. The van der Waals surface area contributed by atoms with Crippen molar-refractivity contribution in [3.8, 4) is 0 Å². The molecule has 0 aliphatic carbocycles. The van der Waals surface area contributed by atoms with Gasteiger partial charge in [-0.1, -0.05) is 11.6 Å². The first-order valence-corrected chi connectivity index (χ1v) is 6.60. The first-order chi connectivity index (χ1) is 7.56. The molecule has 0 spiro atoms. The van der Waals surface area contributed by atoms with E-state index >= 15 is 0 Å². The number of anilines is 2. The zero-order valence-corrected chi connectivity index (χ0v) is 12.7. The van der Waals surface area contributed by atoms with Crippen LogP contribution in [0.4, 0.5) is 11.6 Å². The molecule has 0 unspecified atom stereocenters. The van der Waals surface area contributed by atoms with E-state index in [0.29, 0.717) is 15.7 Å².